The molecule has 0 saturated heterocycles. The molecule has 0 bridgehead atoms. The summed E-state index contributed by atoms with van der Waals surface area (Å²) >= 11 is 0. The van der Waals surface area contributed by atoms with Gasteiger partial charge in [-0.1, -0.05) is 168 Å². The molecule has 0 aromatic heterocycles. The minimum atomic E-state index is 0.0201. The van der Waals surface area contributed by atoms with Crippen LogP contribution in [0.5, 0.6) is 0 Å². The first-order chi connectivity index (χ1) is 28.3. The van der Waals surface area contributed by atoms with Crippen molar-refractivity contribution in [3.05, 3.63) is 131 Å². The average molecular weight is 775 g/mol. The molecular formula is C60H54. The molecule has 0 unspecified atom stereocenters. The lowest BCUT2D eigenvalue weighted by Crippen LogP contribution is -2.11. The van der Waals surface area contributed by atoms with Crippen molar-refractivity contribution in [1.29, 1.82) is 0 Å². The standard InChI is InChI=1S/C60H54/c1-57(2,3)33-15-13-31-25-47-49-37(43(31)27-33)21-23-41-45-29-35(59(7,8)9)18-20-40(45)52-48-26-32-14-16-34(58(4,5)6)28-44(32)38-22-24-42-46-30-36(60(10,11)12)17-19-39(46)51(47)56(54(42)50(38)48)55(52)53(41)49/h13-30H,1-12H3. The van der Waals surface area contributed by atoms with Gasteiger partial charge in [-0.3, -0.25) is 0 Å². The molecule has 12 aromatic rings. The lowest BCUT2D eigenvalue weighted by atomic mass is 9.75. The summed E-state index contributed by atoms with van der Waals surface area (Å²) in [5, 5.41) is 30.3. The van der Waals surface area contributed by atoms with Gasteiger partial charge in [0.15, 0.2) is 0 Å². The smallest absolute Gasteiger partial charge is 0.0000703 e. The van der Waals surface area contributed by atoms with Gasteiger partial charge in [-0.05, 0) is 187 Å². The fourth-order valence-electron chi connectivity index (χ4n) is 11.3. The van der Waals surface area contributed by atoms with Gasteiger partial charge in [-0.2, -0.15) is 0 Å². The Morgan fingerprint density at radius 1 is 0.200 bits per heavy atom. The van der Waals surface area contributed by atoms with Crippen molar-refractivity contribution in [2.75, 3.05) is 0 Å². The first-order valence-corrected chi connectivity index (χ1v) is 22.2. The van der Waals surface area contributed by atoms with E-state index in [-0.39, 0.29) is 21.7 Å². The van der Waals surface area contributed by atoms with Crippen LogP contribution in [0.1, 0.15) is 105 Å². The van der Waals surface area contributed by atoms with E-state index in [0.717, 1.165) is 0 Å². The summed E-state index contributed by atoms with van der Waals surface area (Å²) in [5.41, 5.74) is 5.63. The zero-order chi connectivity index (χ0) is 41.7. The van der Waals surface area contributed by atoms with Crippen LogP contribution in [0.4, 0.5) is 0 Å². The van der Waals surface area contributed by atoms with E-state index in [0.29, 0.717) is 0 Å². The van der Waals surface area contributed by atoms with Crippen LogP contribution < -0.4 is 0 Å². The largest absolute Gasteiger partial charge is 0.0579 e. The first-order valence-electron chi connectivity index (χ1n) is 22.2. The highest BCUT2D eigenvalue weighted by Crippen LogP contribution is 2.57. The minimum Gasteiger partial charge on any atom is -0.0579 e. The highest BCUT2D eigenvalue weighted by atomic mass is 14.3. The first kappa shape index (κ1) is 36.2. The van der Waals surface area contributed by atoms with Crippen LogP contribution in [-0.2, 0) is 21.7 Å². The van der Waals surface area contributed by atoms with Gasteiger partial charge in [-0.25, -0.2) is 0 Å². The van der Waals surface area contributed by atoms with E-state index in [9.17, 15) is 0 Å². The van der Waals surface area contributed by atoms with Gasteiger partial charge in [0, 0.05) is 0 Å². The molecule has 0 nitrogen and oxygen atoms in total. The molecule has 0 aliphatic heterocycles. The summed E-state index contributed by atoms with van der Waals surface area (Å²) < 4.78 is 0. The monoisotopic (exact) mass is 774 g/mol. The number of hydrogen-bond donors (Lipinski definition) is 0. The normalized spacial score (nSPS) is 14.0. The lowest BCUT2D eigenvalue weighted by Gasteiger charge is -2.28. The maximum atomic E-state index is 2.56. The number of rotatable bonds is 0. The zero-order valence-electron chi connectivity index (χ0n) is 37.4. The zero-order valence-corrected chi connectivity index (χ0v) is 37.4. The second-order valence-corrected chi connectivity index (χ2v) is 22.6. The highest BCUT2D eigenvalue weighted by molar-refractivity contribution is 6.55. The Hall–Kier alpha value is -5.72. The third-order valence-electron chi connectivity index (χ3n) is 14.6. The molecule has 294 valence electrons. The minimum absolute atomic E-state index is 0.0201. The summed E-state index contributed by atoms with van der Waals surface area (Å²) in [7, 11) is 0. The molecule has 0 aliphatic carbocycles. The van der Waals surface area contributed by atoms with Crippen LogP contribution in [0.15, 0.2) is 109 Å². The van der Waals surface area contributed by atoms with Crippen molar-refractivity contribution in [2.45, 2.75) is 105 Å². The number of benzene rings is 12. The van der Waals surface area contributed by atoms with Crippen LogP contribution in [0.3, 0.4) is 0 Å². The fraction of sp³-hybridized carbons (Fsp3) is 0.267. The number of fused-ring (bicyclic) bond motifs is 12. The van der Waals surface area contributed by atoms with E-state index in [1.807, 2.05) is 0 Å². The molecule has 0 N–H and O–H groups in total. The Bertz CT molecular complexity index is 3570. The topological polar surface area (TPSA) is 0 Å². The summed E-state index contributed by atoms with van der Waals surface area (Å²) in [5.74, 6) is 0. The molecule has 0 aliphatic rings. The lowest BCUT2D eigenvalue weighted by molar-refractivity contribution is 0.591. The SMILES string of the molecule is CC(C)(C)c1ccc2cc3c4c(ccc5c6cc(C(C)(C)C)ccc6c6c7cc8ccc(C(C)(C)C)cc8c8ccc9c%10cc(C(C)(C)C)ccc%10c3c(c9c87)c6c54)c2c1. The molecule has 60 heavy (non-hydrogen) atoms. The van der Waals surface area contributed by atoms with E-state index >= 15 is 0 Å². The molecule has 0 amide bonds. The Balaban J connectivity index is 1.46. The van der Waals surface area contributed by atoms with Gasteiger partial charge < -0.3 is 0 Å². The van der Waals surface area contributed by atoms with Crippen molar-refractivity contribution in [3.63, 3.8) is 0 Å². The van der Waals surface area contributed by atoms with E-state index in [1.54, 1.807) is 0 Å². The van der Waals surface area contributed by atoms with Gasteiger partial charge in [0.05, 0.1) is 0 Å². The molecule has 0 saturated carbocycles. The molecule has 0 radical (unpaired) electrons. The molecule has 0 heterocycles. The van der Waals surface area contributed by atoms with Gasteiger partial charge in [0.2, 0.25) is 0 Å². The summed E-state index contributed by atoms with van der Waals surface area (Å²) in [6.45, 7) is 28.1. The van der Waals surface area contributed by atoms with Crippen molar-refractivity contribution in [2.24, 2.45) is 0 Å². The van der Waals surface area contributed by atoms with Crippen LogP contribution in [0.2, 0.25) is 0 Å². The van der Waals surface area contributed by atoms with Crippen LogP contribution in [0.25, 0.3) is 118 Å². The van der Waals surface area contributed by atoms with Gasteiger partial charge in [-0.15, -0.1) is 0 Å². The molecular weight excluding hydrogens is 721 g/mol. The Kier molecular flexibility index (Phi) is 6.72. The summed E-state index contributed by atoms with van der Waals surface area (Å²) in [6, 6.07) is 44.3. The fourth-order valence-corrected chi connectivity index (χ4v) is 11.3. The van der Waals surface area contributed by atoms with E-state index in [2.05, 4.69) is 192 Å². The van der Waals surface area contributed by atoms with Gasteiger partial charge in [0.25, 0.3) is 0 Å². The molecule has 0 spiro atoms. The maximum absolute atomic E-state index is 2.56. The third kappa shape index (κ3) is 4.63. The van der Waals surface area contributed by atoms with Gasteiger partial charge >= 0.3 is 0 Å². The predicted octanol–water partition coefficient (Wildman–Crippen LogP) is 17.9. The summed E-state index contributed by atoms with van der Waals surface area (Å²) in [6.07, 6.45) is 0. The summed E-state index contributed by atoms with van der Waals surface area (Å²) in [4.78, 5) is 0. The molecule has 0 fully saturated rings. The second kappa shape index (κ2) is 11.2. The van der Waals surface area contributed by atoms with Crippen molar-refractivity contribution in [1.82, 2.24) is 0 Å². The van der Waals surface area contributed by atoms with E-state index < -0.39 is 0 Å². The van der Waals surface area contributed by atoms with Gasteiger partial charge in [0.1, 0.15) is 0 Å². The van der Waals surface area contributed by atoms with Crippen LogP contribution in [-0.4, -0.2) is 0 Å². The highest BCUT2D eigenvalue weighted by Gasteiger charge is 2.29. The van der Waals surface area contributed by atoms with Crippen molar-refractivity contribution < 1.29 is 0 Å². The molecule has 12 rings (SSSR count). The number of hydrogen-bond acceptors (Lipinski definition) is 0. The third-order valence-corrected chi connectivity index (χ3v) is 14.6. The molecule has 12 aromatic carbocycles. The Morgan fingerprint density at radius 3 is 0.783 bits per heavy atom. The Labute approximate surface area is 353 Å². The van der Waals surface area contributed by atoms with Crippen molar-refractivity contribution >= 4 is 118 Å². The average Bonchev–Trinajstić information content (AvgIpc) is 3.19. The molecule has 0 heteroatoms. The Morgan fingerprint density at radius 2 is 0.450 bits per heavy atom. The predicted molar refractivity (Wildman–Crippen MR) is 267 cm³/mol. The maximum Gasteiger partial charge on any atom is -0.0000703 e. The molecule has 0 atom stereocenters. The quantitative estimate of drug-likeness (QED) is 0.106. The van der Waals surface area contributed by atoms with Crippen LogP contribution >= 0.6 is 0 Å². The van der Waals surface area contributed by atoms with Crippen LogP contribution in [0, 0.1) is 0 Å². The van der Waals surface area contributed by atoms with E-state index in [4.69, 9.17) is 0 Å². The van der Waals surface area contributed by atoms with E-state index in [1.165, 1.54) is 141 Å². The van der Waals surface area contributed by atoms with Crippen molar-refractivity contribution in [3.8, 4) is 0 Å². The second-order valence-electron chi connectivity index (χ2n) is 22.6.